The van der Waals surface area contributed by atoms with Gasteiger partial charge in [0.05, 0.1) is 23.7 Å². The van der Waals surface area contributed by atoms with Crippen LogP contribution in [-0.4, -0.2) is 60.9 Å². The molecule has 0 bridgehead atoms. The molecule has 1 fully saturated rings. The molecule has 1 aliphatic rings. The molecular formula is C22H25ClFN3O2S2. The Kier molecular flexibility index (Phi) is 9.10. The quantitative estimate of drug-likeness (QED) is 0.436. The van der Waals surface area contributed by atoms with E-state index in [2.05, 4.69) is 9.88 Å². The van der Waals surface area contributed by atoms with E-state index in [0.717, 1.165) is 48.9 Å². The van der Waals surface area contributed by atoms with E-state index >= 15 is 0 Å². The van der Waals surface area contributed by atoms with Crippen LogP contribution in [0.5, 0.6) is 0 Å². The molecule has 31 heavy (non-hydrogen) atoms. The summed E-state index contributed by atoms with van der Waals surface area (Å²) < 4.78 is 20.3. The van der Waals surface area contributed by atoms with Gasteiger partial charge in [-0.2, -0.15) is 0 Å². The number of para-hydroxylation sites is 1. The smallest absolute Gasteiger partial charge is 0.239 e. The van der Waals surface area contributed by atoms with Gasteiger partial charge in [-0.15, -0.1) is 24.2 Å². The minimum atomic E-state index is -0.352. The Hall–Kier alpha value is -1.71. The van der Waals surface area contributed by atoms with Gasteiger partial charge in [0, 0.05) is 31.1 Å². The van der Waals surface area contributed by atoms with Gasteiger partial charge in [0.2, 0.25) is 5.91 Å². The highest BCUT2D eigenvalue weighted by molar-refractivity contribution is 8.00. The van der Waals surface area contributed by atoms with Crippen molar-refractivity contribution in [2.24, 2.45) is 0 Å². The number of thiazole rings is 1. The van der Waals surface area contributed by atoms with Crippen LogP contribution in [0.3, 0.4) is 0 Å². The van der Waals surface area contributed by atoms with Crippen molar-refractivity contribution in [2.75, 3.05) is 50.0 Å². The molecule has 1 amide bonds. The van der Waals surface area contributed by atoms with Gasteiger partial charge in [0.15, 0.2) is 5.13 Å². The fourth-order valence-corrected chi connectivity index (χ4v) is 5.18. The fraction of sp³-hybridized carbons (Fsp3) is 0.364. The molecule has 3 aromatic rings. The van der Waals surface area contributed by atoms with Crippen molar-refractivity contribution in [1.82, 2.24) is 9.88 Å². The van der Waals surface area contributed by atoms with Gasteiger partial charge in [-0.25, -0.2) is 9.37 Å². The zero-order valence-electron chi connectivity index (χ0n) is 17.0. The highest BCUT2D eigenvalue weighted by Crippen LogP contribution is 2.31. The summed E-state index contributed by atoms with van der Waals surface area (Å²) in [6, 6.07) is 14.8. The summed E-state index contributed by atoms with van der Waals surface area (Å²) in [6.45, 7) is 4.82. The number of rotatable bonds is 8. The highest BCUT2D eigenvalue weighted by atomic mass is 35.5. The number of carbonyl (C=O) groups is 1. The fourth-order valence-electron chi connectivity index (χ4n) is 3.36. The van der Waals surface area contributed by atoms with Crippen LogP contribution in [0.2, 0.25) is 0 Å². The number of hydrogen-bond acceptors (Lipinski definition) is 6. The molecule has 0 radical (unpaired) electrons. The molecule has 4 rings (SSSR count). The van der Waals surface area contributed by atoms with Crippen molar-refractivity contribution in [2.45, 2.75) is 11.3 Å². The monoisotopic (exact) mass is 481 g/mol. The third-order valence-corrected chi connectivity index (χ3v) is 7.00. The Balaban J connectivity index is 0.00000272. The first-order valence-electron chi connectivity index (χ1n) is 10.0. The molecule has 2 aromatic carbocycles. The molecule has 0 unspecified atom stereocenters. The summed E-state index contributed by atoms with van der Waals surface area (Å²) in [6.07, 6.45) is 0.833. The molecule has 0 spiro atoms. The van der Waals surface area contributed by atoms with E-state index in [-0.39, 0.29) is 24.1 Å². The number of fused-ring (bicyclic) bond motifs is 1. The number of benzene rings is 2. The van der Waals surface area contributed by atoms with Crippen LogP contribution in [0.15, 0.2) is 53.4 Å². The minimum Gasteiger partial charge on any atom is -0.379 e. The number of ether oxygens (including phenoxy) is 1. The first-order chi connectivity index (χ1) is 14.7. The van der Waals surface area contributed by atoms with Crippen molar-refractivity contribution in [3.05, 3.63) is 54.3 Å². The molecule has 1 aromatic heterocycles. The van der Waals surface area contributed by atoms with Gasteiger partial charge in [0.25, 0.3) is 0 Å². The van der Waals surface area contributed by atoms with E-state index in [0.29, 0.717) is 22.9 Å². The van der Waals surface area contributed by atoms with E-state index in [4.69, 9.17) is 4.74 Å². The summed E-state index contributed by atoms with van der Waals surface area (Å²) in [5.41, 5.74) is 0.333. The van der Waals surface area contributed by atoms with Gasteiger partial charge in [0.1, 0.15) is 11.3 Å². The topological polar surface area (TPSA) is 45.7 Å². The number of thioether (sulfide) groups is 1. The van der Waals surface area contributed by atoms with Crippen molar-refractivity contribution < 1.29 is 13.9 Å². The third-order valence-electron chi connectivity index (χ3n) is 4.96. The molecule has 0 atom stereocenters. The van der Waals surface area contributed by atoms with Crippen LogP contribution in [0.4, 0.5) is 9.52 Å². The van der Waals surface area contributed by atoms with Crippen LogP contribution in [-0.2, 0) is 9.53 Å². The second-order valence-corrected chi connectivity index (χ2v) is 9.10. The Morgan fingerprint density at radius 2 is 1.94 bits per heavy atom. The van der Waals surface area contributed by atoms with Crippen molar-refractivity contribution in [3.8, 4) is 0 Å². The van der Waals surface area contributed by atoms with Crippen molar-refractivity contribution in [1.29, 1.82) is 0 Å². The predicted molar refractivity (Wildman–Crippen MR) is 128 cm³/mol. The van der Waals surface area contributed by atoms with E-state index in [1.807, 2.05) is 36.4 Å². The maximum Gasteiger partial charge on any atom is 0.239 e. The lowest BCUT2D eigenvalue weighted by Gasteiger charge is -2.27. The largest absolute Gasteiger partial charge is 0.379 e. The van der Waals surface area contributed by atoms with Crippen LogP contribution in [0.1, 0.15) is 6.42 Å². The second kappa shape index (κ2) is 11.8. The maximum absolute atomic E-state index is 14.1. The van der Waals surface area contributed by atoms with Crippen LogP contribution in [0, 0.1) is 5.82 Å². The molecule has 1 saturated heterocycles. The zero-order chi connectivity index (χ0) is 20.8. The number of halogens is 2. The van der Waals surface area contributed by atoms with Gasteiger partial charge < -0.3 is 4.74 Å². The maximum atomic E-state index is 14.1. The summed E-state index contributed by atoms with van der Waals surface area (Å²) in [5.74, 6) is -0.0420. The number of amides is 1. The normalized spacial score (nSPS) is 14.4. The number of morpholine rings is 1. The standard InChI is InChI=1S/C22H24FN3O2S2.ClH/c23-18-8-4-9-19-21(18)24-22(30-19)26(11-5-10-25-12-14-28-15-13-25)20(27)16-29-17-6-2-1-3-7-17;/h1-4,6-9H,5,10-16H2;1H. The predicted octanol–water partition coefficient (Wildman–Crippen LogP) is 4.70. The average Bonchev–Trinajstić information content (AvgIpc) is 3.22. The minimum absolute atomic E-state index is 0. The van der Waals surface area contributed by atoms with E-state index in [1.165, 1.54) is 29.2 Å². The number of anilines is 1. The first-order valence-corrected chi connectivity index (χ1v) is 11.8. The summed E-state index contributed by atoms with van der Waals surface area (Å²) in [7, 11) is 0. The Labute approximate surface area is 196 Å². The molecule has 1 aliphatic heterocycles. The average molecular weight is 482 g/mol. The molecule has 9 heteroatoms. The molecule has 5 nitrogen and oxygen atoms in total. The molecule has 0 aliphatic carbocycles. The van der Waals surface area contributed by atoms with Gasteiger partial charge >= 0.3 is 0 Å². The third kappa shape index (κ3) is 6.40. The molecule has 2 heterocycles. The van der Waals surface area contributed by atoms with E-state index in [9.17, 15) is 9.18 Å². The Morgan fingerprint density at radius 3 is 2.68 bits per heavy atom. The Bertz CT molecular complexity index is 983. The SMILES string of the molecule is Cl.O=C(CSc1ccccc1)N(CCCN1CCOCC1)c1nc2c(F)cccc2s1. The Morgan fingerprint density at radius 1 is 1.16 bits per heavy atom. The van der Waals surface area contributed by atoms with E-state index in [1.54, 1.807) is 11.0 Å². The van der Waals surface area contributed by atoms with Gasteiger partial charge in [-0.1, -0.05) is 35.6 Å². The lowest BCUT2D eigenvalue weighted by atomic mass is 10.3. The highest BCUT2D eigenvalue weighted by Gasteiger charge is 2.21. The lowest BCUT2D eigenvalue weighted by molar-refractivity contribution is -0.116. The zero-order valence-corrected chi connectivity index (χ0v) is 19.5. The van der Waals surface area contributed by atoms with Crippen LogP contribution >= 0.6 is 35.5 Å². The van der Waals surface area contributed by atoms with E-state index < -0.39 is 0 Å². The van der Waals surface area contributed by atoms with Crippen LogP contribution < -0.4 is 4.90 Å². The summed E-state index contributed by atoms with van der Waals surface area (Å²) in [4.78, 5) is 22.7. The first kappa shape index (κ1) is 23.9. The molecular weight excluding hydrogens is 457 g/mol. The summed E-state index contributed by atoms with van der Waals surface area (Å²) >= 11 is 2.87. The molecule has 0 N–H and O–H groups in total. The van der Waals surface area contributed by atoms with Crippen molar-refractivity contribution in [3.63, 3.8) is 0 Å². The van der Waals surface area contributed by atoms with Crippen LogP contribution in [0.25, 0.3) is 10.2 Å². The number of aromatic nitrogens is 1. The number of hydrogen-bond donors (Lipinski definition) is 0. The summed E-state index contributed by atoms with van der Waals surface area (Å²) in [5, 5.41) is 0.565. The lowest BCUT2D eigenvalue weighted by Crippen LogP contribution is -2.39. The van der Waals surface area contributed by atoms with Crippen molar-refractivity contribution >= 4 is 56.8 Å². The van der Waals surface area contributed by atoms with Gasteiger partial charge in [-0.05, 0) is 30.7 Å². The molecule has 166 valence electrons. The molecule has 0 saturated carbocycles. The number of carbonyl (C=O) groups excluding carboxylic acids is 1. The number of nitrogens with zero attached hydrogens (tertiary/aromatic N) is 3. The van der Waals surface area contributed by atoms with Gasteiger partial charge in [-0.3, -0.25) is 14.6 Å². The second-order valence-electron chi connectivity index (χ2n) is 7.04.